The van der Waals surface area contributed by atoms with E-state index in [1.165, 1.54) is 4.68 Å². The Morgan fingerprint density at radius 3 is 2.61 bits per heavy atom. The molecule has 2 N–H and O–H groups in total. The Kier molecular flexibility index (Phi) is 4.91. The van der Waals surface area contributed by atoms with Crippen molar-refractivity contribution in [3.05, 3.63) is 65.1 Å². The molecular formula is C23H24N6O2. The maximum atomic E-state index is 12.9. The van der Waals surface area contributed by atoms with Crippen molar-refractivity contribution in [2.24, 2.45) is 0 Å². The third-order valence-corrected chi connectivity index (χ3v) is 5.84. The second-order valence-corrected chi connectivity index (χ2v) is 7.92. The van der Waals surface area contributed by atoms with Crippen LogP contribution in [0.3, 0.4) is 0 Å². The number of anilines is 2. The van der Waals surface area contributed by atoms with Gasteiger partial charge in [0.2, 0.25) is 5.91 Å². The molecule has 0 atom stereocenters. The number of para-hydroxylation sites is 3. The van der Waals surface area contributed by atoms with Crippen LogP contribution in [-0.2, 0) is 11.3 Å². The summed E-state index contributed by atoms with van der Waals surface area (Å²) in [6.45, 7) is 3.61. The number of hydrogen-bond donors (Lipinski definition) is 2. The molecule has 1 aliphatic rings. The zero-order chi connectivity index (χ0) is 21.4. The number of hydrogen-bond acceptors (Lipinski definition) is 5. The number of H-pyrrole nitrogens is 1. The number of aromatic amines is 1. The highest BCUT2D eigenvalue weighted by atomic mass is 16.2. The molecule has 4 aromatic rings. The average molecular weight is 416 g/mol. The average Bonchev–Trinajstić information content (AvgIpc) is 3.16. The van der Waals surface area contributed by atoms with Gasteiger partial charge in [-0.3, -0.25) is 9.59 Å². The van der Waals surface area contributed by atoms with Crippen LogP contribution in [0.5, 0.6) is 0 Å². The largest absolute Gasteiger partial charge is 0.367 e. The molecule has 0 spiro atoms. The number of carbonyl (C=O) groups excluding carboxylic acids is 1. The molecule has 31 heavy (non-hydrogen) atoms. The molecule has 2 aromatic carbocycles. The van der Waals surface area contributed by atoms with Crippen LogP contribution < -0.4 is 15.8 Å². The van der Waals surface area contributed by atoms with Crippen LogP contribution in [0.1, 0.15) is 0 Å². The van der Waals surface area contributed by atoms with Crippen molar-refractivity contribution in [3.63, 3.8) is 0 Å². The fraction of sp³-hybridized carbons (Fsp3) is 0.261. The molecule has 0 bridgehead atoms. The van der Waals surface area contributed by atoms with Gasteiger partial charge in [0, 0.05) is 42.5 Å². The van der Waals surface area contributed by atoms with E-state index in [2.05, 4.69) is 32.2 Å². The molecule has 5 rings (SSSR count). The molecular weight excluding hydrogens is 392 g/mol. The standard InChI is InChI=1S/C23H24N6O2/c1-27-10-12-28(13-11-27)20-9-5-4-8-19(20)25-21(30)15-29-23(31)22-17(14-24-29)16-6-2-3-7-18(16)26-22/h2-9,14,26H,10-13,15H2,1H3,(H,25,30). The van der Waals surface area contributed by atoms with Gasteiger partial charge in [-0.25, -0.2) is 4.68 Å². The quantitative estimate of drug-likeness (QED) is 0.533. The van der Waals surface area contributed by atoms with Gasteiger partial charge in [-0.2, -0.15) is 5.10 Å². The van der Waals surface area contributed by atoms with Crippen molar-refractivity contribution in [3.8, 4) is 0 Å². The van der Waals surface area contributed by atoms with Gasteiger partial charge in [0.05, 0.1) is 17.6 Å². The van der Waals surface area contributed by atoms with E-state index in [0.717, 1.165) is 53.8 Å². The Morgan fingerprint density at radius 1 is 1.03 bits per heavy atom. The highest BCUT2D eigenvalue weighted by Crippen LogP contribution is 2.26. The maximum absolute atomic E-state index is 12.9. The molecule has 158 valence electrons. The summed E-state index contributed by atoms with van der Waals surface area (Å²) in [4.78, 5) is 33.4. The lowest BCUT2D eigenvalue weighted by molar-refractivity contribution is -0.117. The molecule has 0 aliphatic carbocycles. The van der Waals surface area contributed by atoms with Gasteiger partial charge in [0.1, 0.15) is 12.1 Å². The molecule has 1 saturated heterocycles. The first-order chi connectivity index (χ1) is 15.1. The van der Waals surface area contributed by atoms with Crippen molar-refractivity contribution in [1.82, 2.24) is 19.7 Å². The molecule has 0 saturated carbocycles. The Hall–Kier alpha value is -3.65. The maximum Gasteiger partial charge on any atom is 0.291 e. The van der Waals surface area contributed by atoms with E-state index < -0.39 is 0 Å². The first kappa shape index (κ1) is 19.3. The highest BCUT2D eigenvalue weighted by molar-refractivity contribution is 6.06. The van der Waals surface area contributed by atoms with E-state index in [1.807, 2.05) is 48.5 Å². The summed E-state index contributed by atoms with van der Waals surface area (Å²) in [5.74, 6) is -0.286. The summed E-state index contributed by atoms with van der Waals surface area (Å²) in [6, 6.07) is 15.5. The Balaban J connectivity index is 1.38. The van der Waals surface area contributed by atoms with Crippen LogP contribution in [0, 0.1) is 0 Å². The number of fused-ring (bicyclic) bond motifs is 3. The van der Waals surface area contributed by atoms with Gasteiger partial charge in [-0.05, 0) is 25.2 Å². The molecule has 2 aromatic heterocycles. The lowest BCUT2D eigenvalue weighted by atomic mass is 10.2. The van der Waals surface area contributed by atoms with Gasteiger partial charge < -0.3 is 20.1 Å². The van der Waals surface area contributed by atoms with Crippen LogP contribution in [0.4, 0.5) is 11.4 Å². The molecule has 8 nitrogen and oxygen atoms in total. The Bertz CT molecular complexity index is 1320. The van der Waals surface area contributed by atoms with Gasteiger partial charge >= 0.3 is 0 Å². The molecule has 0 radical (unpaired) electrons. The van der Waals surface area contributed by atoms with Crippen LogP contribution >= 0.6 is 0 Å². The van der Waals surface area contributed by atoms with Crippen molar-refractivity contribution < 1.29 is 4.79 Å². The van der Waals surface area contributed by atoms with Crippen molar-refractivity contribution >= 4 is 39.1 Å². The first-order valence-corrected chi connectivity index (χ1v) is 10.4. The third-order valence-electron chi connectivity index (χ3n) is 5.84. The minimum absolute atomic E-state index is 0.152. The summed E-state index contributed by atoms with van der Waals surface area (Å²) < 4.78 is 1.20. The summed E-state index contributed by atoms with van der Waals surface area (Å²) in [7, 11) is 2.11. The van der Waals surface area contributed by atoms with E-state index in [9.17, 15) is 9.59 Å². The fourth-order valence-corrected chi connectivity index (χ4v) is 4.12. The SMILES string of the molecule is CN1CCN(c2ccccc2NC(=O)Cn2ncc3c([nH]c4ccccc43)c2=O)CC1. The summed E-state index contributed by atoms with van der Waals surface area (Å²) in [5.41, 5.74) is 2.77. The molecule has 1 aliphatic heterocycles. The van der Waals surface area contributed by atoms with Crippen LogP contribution in [-0.4, -0.2) is 58.8 Å². The third kappa shape index (κ3) is 3.66. The van der Waals surface area contributed by atoms with Crippen molar-refractivity contribution in [2.75, 3.05) is 43.4 Å². The lowest BCUT2D eigenvalue weighted by Crippen LogP contribution is -2.44. The minimum atomic E-state index is -0.309. The number of amides is 1. The molecule has 1 amide bonds. The lowest BCUT2D eigenvalue weighted by Gasteiger charge is -2.35. The van der Waals surface area contributed by atoms with E-state index in [-0.39, 0.29) is 18.0 Å². The van der Waals surface area contributed by atoms with Gasteiger partial charge in [-0.1, -0.05) is 30.3 Å². The predicted molar refractivity (Wildman–Crippen MR) is 123 cm³/mol. The van der Waals surface area contributed by atoms with Gasteiger partial charge in [-0.15, -0.1) is 0 Å². The topological polar surface area (TPSA) is 86.3 Å². The number of piperazine rings is 1. The monoisotopic (exact) mass is 416 g/mol. The van der Waals surface area contributed by atoms with Crippen molar-refractivity contribution in [2.45, 2.75) is 6.54 Å². The number of likely N-dealkylation sites (N-methyl/N-ethyl adjacent to an activating group) is 1. The molecule has 8 heteroatoms. The van der Waals surface area contributed by atoms with E-state index in [0.29, 0.717) is 5.52 Å². The van der Waals surface area contributed by atoms with Gasteiger partial charge in [0.15, 0.2) is 0 Å². The summed E-state index contributed by atoms with van der Waals surface area (Å²) in [5, 5.41) is 8.91. The number of aromatic nitrogens is 3. The number of nitrogens with zero attached hydrogens (tertiary/aromatic N) is 4. The zero-order valence-corrected chi connectivity index (χ0v) is 17.3. The second-order valence-electron chi connectivity index (χ2n) is 7.92. The number of benzene rings is 2. The van der Waals surface area contributed by atoms with Crippen molar-refractivity contribution in [1.29, 1.82) is 0 Å². The fourth-order valence-electron chi connectivity index (χ4n) is 4.12. The smallest absolute Gasteiger partial charge is 0.291 e. The normalized spacial score (nSPS) is 14.9. The second kappa shape index (κ2) is 7.88. The molecule has 0 unspecified atom stereocenters. The number of nitrogens with one attached hydrogen (secondary N) is 2. The highest BCUT2D eigenvalue weighted by Gasteiger charge is 2.18. The van der Waals surface area contributed by atoms with Gasteiger partial charge in [0.25, 0.3) is 5.56 Å². The van der Waals surface area contributed by atoms with Crippen LogP contribution in [0.25, 0.3) is 21.8 Å². The van der Waals surface area contributed by atoms with E-state index in [4.69, 9.17) is 0 Å². The Labute approximate surface area is 179 Å². The van der Waals surface area contributed by atoms with E-state index >= 15 is 0 Å². The minimum Gasteiger partial charge on any atom is -0.367 e. The first-order valence-electron chi connectivity index (χ1n) is 10.4. The molecule has 3 heterocycles. The molecule has 1 fully saturated rings. The Morgan fingerprint density at radius 2 is 1.77 bits per heavy atom. The predicted octanol–water partition coefficient (Wildman–Crippen LogP) is 2.27. The number of rotatable bonds is 4. The summed E-state index contributed by atoms with van der Waals surface area (Å²) in [6.07, 6.45) is 1.64. The number of carbonyl (C=O) groups is 1. The van der Waals surface area contributed by atoms with Crippen LogP contribution in [0.2, 0.25) is 0 Å². The summed E-state index contributed by atoms with van der Waals surface area (Å²) >= 11 is 0. The van der Waals surface area contributed by atoms with Crippen LogP contribution in [0.15, 0.2) is 59.5 Å². The van der Waals surface area contributed by atoms with E-state index in [1.54, 1.807) is 6.20 Å². The zero-order valence-electron chi connectivity index (χ0n) is 17.3.